The molecule has 27 heavy (non-hydrogen) atoms. The summed E-state index contributed by atoms with van der Waals surface area (Å²) in [5, 5.41) is 3.59. The zero-order chi connectivity index (χ0) is 18.8. The first-order valence-corrected chi connectivity index (χ1v) is 9.83. The van der Waals surface area contributed by atoms with Crippen LogP contribution in [-0.4, -0.2) is 48.0 Å². The Bertz CT molecular complexity index is 902. The number of nitrogens with zero attached hydrogens (tertiary/aromatic N) is 3. The van der Waals surface area contributed by atoms with Crippen molar-refractivity contribution in [1.82, 2.24) is 9.88 Å². The third-order valence-corrected chi connectivity index (χ3v) is 5.91. The topological polar surface area (TPSA) is 48.5 Å². The second-order valence-corrected chi connectivity index (χ2v) is 7.68. The number of hydrogen-bond donors (Lipinski definition) is 1. The van der Waals surface area contributed by atoms with Crippen molar-refractivity contribution >= 4 is 38.3 Å². The average Bonchev–Trinajstić information content (AvgIpc) is 3.10. The van der Waals surface area contributed by atoms with E-state index in [1.54, 1.807) is 12.1 Å². The van der Waals surface area contributed by atoms with Gasteiger partial charge in [0.15, 0.2) is 5.13 Å². The highest BCUT2D eigenvalue weighted by Crippen LogP contribution is 2.26. The first-order valence-electron chi connectivity index (χ1n) is 9.01. The molecule has 140 valence electrons. The van der Waals surface area contributed by atoms with E-state index in [1.807, 2.05) is 31.2 Å². The van der Waals surface area contributed by atoms with E-state index in [2.05, 4.69) is 20.1 Å². The number of thiazole rings is 1. The van der Waals surface area contributed by atoms with Crippen molar-refractivity contribution in [1.29, 1.82) is 0 Å². The van der Waals surface area contributed by atoms with E-state index in [0.717, 1.165) is 42.1 Å². The van der Waals surface area contributed by atoms with E-state index in [9.17, 15) is 9.18 Å². The molecule has 2 heterocycles. The monoisotopic (exact) mass is 384 g/mol. The van der Waals surface area contributed by atoms with Gasteiger partial charge in [-0.3, -0.25) is 9.69 Å². The van der Waals surface area contributed by atoms with Gasteiger partial charge in [0.1, 0.15) is 5.82 Å². The minimum absolute atomic E-state index is 0.0377. The molecule has 1 aromatic heterocycles. The third-order valence-electron chi connectivity index (χ3n) is 4.96. The predicted octanol–water partition coefficient (Wildman–Crippen LogP) is 3.58. The van der Waals surface area contributed by atoms with Crippen molar-refractivity contribution in [3.05, 3.63) is 54.3 Å². The Labute approximate surface area is 161 Å². The summed E-state index contributed by atoms with van der Waals surface area (Å²) in [4.78, 5) is 21.5. The normalized spacial score (nSPS) is 16.4. The molecular formula is C20H21FN4OS. The Hall–Kier alpha value is -2.51. The Morgan fingerprint density at radius 2 is 1.81 bits per heavy atom. The Morgan fingerprint density at radius 1 is 1.11 bits per heavy atom. The number of carbonyl (C=O) groups is 1. The van der Waals surface area contributed by atoms with Gasteiger partial charge in [0.25, 0.3) is 0 Å². The fourth-order valence-corrected chi connectivity index (χ4v) is 4.19. The molecule has 1 fully saturated rings. The number of carbonyl (C=O) groups excluding carboxylic acids is 1. The highest BCUT2D eigenvalue weighted by molar-refractivity contribution is 7.22. The average molecular weight is 384 g/mol. The van der Waals surface area contributed by atoms with Crippen LogP contribution >= 0.6 is 11.3 Å². The molecule has 5 nitrogen and oxygen atoms in total. The summed E-state index contributed by atoms with van der Waals surface area (Å²) >= 11 is 1.49. The molecule has 0 saturated carbocycles. The van der Waals surface area contributed by atoms with Crippen LogP contribution in [0.4, 0.5) is 15.2 Å². The van der Waals surface area contributed by atoms with Crippen molar-refractivity contribution in [2.75, 3.05) is 36.4 Å². The number of benzene rings is 2. The molecule has 2 aromatic carbocycles. The molecule has 0 radical (unpaired) electrons. The standard InChI is InChI=1S/C20H21FN4OS/c1-14(19(26)23-20-22-17-4-2-3-5-18(17)27-20)24-10-12-25(13-11-24)16-8-6-15(21)7-9-16/h2-9,14H,10-13H2,1H3,(H,22,23,26)/t14-/m0/s1. The number of piperazine rings is 1. The van der Waals surface area contributed by atoms with E-state index in [-0.39, 0.29) is 17.8 Å². The number of rotatable bonds is 4. The van der Waals surface area contributed by atoms with E-state index in [0.29, 0.717) is 5.13 Å². The molecule has 1 aliphatic rings. The van der Waals surface area contributed by atoms with Gasteiger partial charge in [0.05, 0.1) is 16.3 Å². The number of nitrogens with one attached hydrogen (secondary N) is 1. The van der Waals surface area contributed by atoms with Gasteiger partial charge in [-0.05, 0) is 43.3 Å². The molecule has 1 aliphatic heterocycles. The maximum atomic E-state index is 13.1. The van der Waals surface area contributed by atoms with Gasteiger partial charge >= 0.3 is 0 Å². The number of anilines is 2. The largest absolute Gasteiger partial charge is 0.369 e. The molecule has 3 aromatic rings. The van der Waals surface area contributed by atoms with Gasteiger partial charge in [-0.1, -0.05) is 23.5 Å². The minimum Gasteiger partial charge on any atom is -0.369 e. The van der Waals surface area contributed by atoms with Crippen LogP contribution in [0.2, 0.25) is 0 Å². The summed E-state index contributed by atoms with van der Waals surface area (Å²) in [6.45, 7) is 5.11. The molecule has 0 spiro atoms. The van der Waals surface area contributed by atoms with E-state index in [1.165, 1.54) is 23.5 Å². The summed E-state index contributed by atoms with van der Waals surface area (Å²) in [6, 6.07) is 14.2. The number of halogens is 1. The van der Waals surface area contributed by atoms with E-state index >= 15 is 0 Å². The lowest BCUT2D eigenvalue weighted by Gasteiger charge is -2.38. The maximum absolute atomic E-state index is 13.1. The molecule has 1 amide bonds. The molecule has 0 unspecified atom stereocenters. The summed E-state index contributed by atoms with van der Waals surface area (Å²) < 4.78 is 14.1. The Morgan fingerprint density at radius 3 is 2.52 bits per heavy atom. The second-order valence-electron chi connectivity index (χ2n) is 6.65. The highest BCUT2D eigenvalue weighted by Gasteiger charge is 2.26. The maximum Gasteiger partial charge on any atom is 0.243 e. The molecular weight excluding hydrogens is 363 g/mol. The summed E-state index contributed by atoms with van der Waals surface area (Å²) in [5.74, 6) is -0.262. The first kappa shape index (κ1) is 17.9. The van der Waals surface area contributed by atoms with Crippen molar-refractivity contribution in [2.45, 2.75) is 13.0 Å². The number of amides is 1. The van der Waals surface area contributed by atoms with Gasteiger partial charge in [0, 0.05) is 31.9 Å². The van der Waals surface area contributed by atoms with Crippen LogP contribution in [0, 0.1) is 5.82 Å². The number of hydrogen-bond acceptors (Lipinski definition) is 5. The molecule has 7 heteroatoms. The van der Waals surface area contributed by atoms with Crippen molar-refractivity contribution < 1.29 is 9.18 Å². The molecule has 1 atom stereocenters. The van der Waals surface area contributed by atoms with Crippen molar-refractivity contribution in [2.24, 2.45) is 0 Å². The zero-order valence-corrected chi connectivity index (χ0v) is 15.9. The summed E-state index contributed by atoms with van der Waals surface area (Å²) in [6.07, 6.45) is 0. The van der Waals surface area contributed by atoms with Crippen molar-refractivity contribution in [3.8, 4) is 0 Å². The molecule has 0 aliphatic carbocycles. The molecule has 4 rings (SSSR count). The fraction of sp³-hybridized carbons (Fsp3) is 0.300. The van der Waals surface area contributed by atoms with Crippen LogP contribution in [0.15, 0.2) is 48.5 Å². The number of fused-ring (bicyclic) bond motifs is 1. The lowest BCUT2D eigenvalue weighted by Crippen LogP contribution is -2.52. The Kier molecular flexibility index (Phi) is 5.05. The third kappa shape index (κ3) is 3.94. The Balaban J connectivity index is 1.34. The summed E-state index contributed by atoms with van der Waals surface area (Å²) in [5.41, 5.74) is 1.92. The van der Waals surface area contributed by atoms with Crippen molar-refractivity contribution in [3.63, 3.8) is 0 Å². The zero-order valence-electron chi connectivity index (χ0n) is 15.1. The lowest BCUT2D eigenvalue weighted by molar-refractivity contribution is -0.120. The SMILES string of the molecule is C[C@@H](C(=O)Nc1nc2ccccc2s1)N1CCN(c2ccc(F)cc2)CC1. The van der Waals surface area contributed by atoms with Crippen LogP contribution in [0.25, 0.3) is 10.2 Å². The molecule has 1 N–H and O–H groups in total. The van der Waals surface area contributed by atoms with Crippen LogP contribution in [0.5, 0.6) is 0 Å². The number of para-hydroxylation sites is 1. The van der Waals surface area contributed by atoms with E-state index < -0.39 is 0 Å². The van der Waals surface area contributed by atoms with Crippen LogP contribution < -0.4 is 10.2 Å². The summed E-state index contributed by atoms with van der Waals surface area (Å²) in [7, 11) is 0. The second kappa shape index (κ2) is 7.62. The first-order chi connectivity index (χ1) is 13.1. The van der Waals surface area contributed by atoms with E-state index in [4.69, 9.17) is 0 Å². The minimum atomic E-state index is -0.229. The van der Waals surface area contributed by atoms with Gasteiger partial charge in [-0.25, -0.2) is 9.37 Å². The molecule has 0 bridgehead atoms. The predicted molar refractivity (Wildman–Crippen MR) is 108 cm³/mol. The lowest BCUT2D eigenvalue weighted by atomic mass is 10.2. The van der Waals surface area contributed by atoms with Gasteiger partial charge in [-0.15, -0.1) is 0 Å². The molecule has 1 saturated heterocycles. The van der Waals surface area contributed by atoms with Crippen LogP contribution in [0.1, 0.15) is 6.92 Å². The van der Waals surface area contributed by atoms with Gasteiger partial charge < -0.3 is 10.2 Å². The van der Waals surface area contributed by atoms with Crippen LogP contribution in [0.3, 0.4) is 0 Å². The van der Waals surface area contributed by atoms with Gasteiger partial charge in [0.2, 0.25) is 5.91 Å². The van der Waals surface area contributed by atoms with Gasteiger partial charge in [-0.2, -0.15) is 0 Å². The highest BCUT2D eigenvalue weighted by atomic mass is 32.1. The quantitative estimate of drug-likeness (QED) is 0.747. The number of aromatic nitrogens is 1. The fourth-order valence-electron chi connectivity index (χ4n) is 3.32. The van der Waals surface area contributed by atoms with Crippen LogP contribution in [-0.2, 0) is 4.79 Å². The smallest absolute Gasteiger partial charge is 0.243 e.